The molecule has 0 aromatic heterocycles. The van der Waals surface area contributed by atoms with Crippen LogP contribution in [0.25, 0.3) is 0 Å². The van der Waals surface area contributed by atoms with Gasteiger partial charge in [0.05, 0.1) is 0 Å². The van der Waals surface area contributed by atoms with Crippen molar-refractivity contribution in [1.82, 2.24) is 0 Å². The SMILES string of the molecule is CCC(C)CCCCCCCCCCCCCCCCC(=O)O[C@H](COC(=O)CCCCCCCCCCCCCCCCC(C)C)COC(=O)CCCCCCCCCCCCCC(C)C. The van der Waals surface area contributed by atoms with Crippen LogP contribution in [0.15, 0.2) is 0 Å². The molecule has 398 valence electrons. The van der Waals surface area contributed by atoms with Gasteiger partial charge in [-0.2, -0.15) is 0 Å². The molecule has 0 aliphatic rings. The van der Waals surface area contributed by atoms with Crippen LogP contribution in [-0.2, 0) is 28.6 Å². The van der Waals surface area contributed by atoms with E-state index in [0.29, 0.717) is 19.3 Å². The molecule has 0 rings (SSSR count). The maximum absolute atomic E-state index is 12.9. The van der Waals surface area contributed by atoms with Gasteiger partial charge in [0.1, 0.15) is 13.2 Å². The molecule has 0 saturated carbocycles. The molecule has 0 spiro atoms. The lowest BCUT2D eigenvalue weighted by Gasteiger charge is -2.18. The second-order valence-electron chi connectivity index (χ2n) is 22.2. The molecule has 0 amide bonds. The first-order valence-electron chi connectivity index (χ1n) is 30.1. The second kappa shape index (κ2) is 52.2. The Morgan fingerprint density at radius 3 is 0.776 bits per heavy atom. The predicted octanol–water partition coefficient (Wildman–Crippen LogP) is 19.9. The number of hydrogen-bond donors (Lipinski definition) is 0. The van der Waals surface area contributed by atoms with Gasteiger partial charge < -0.3 is 14.2 Å². The highest BCUT2D eigenvalue weighted by Gasteiger charge is 2.19. The van der Waals surface area contributed by atoms with Crippen LogP contribution in [0.1, 0.15) is 337 Å². The normalized spacial score (nSPS) is 12.5. The first kappa shape index (κ1) is 65.4. The van der Waals surface area contributed by atoms with E-state index in [1.165, 1.54) is 218 Å². The monoisotopic (exact) mass is 947 g/mol. The van der Waals surface area contributed by atoms with Crippen molar-refractivity contribution in [2.75, 3.05) is 13.2 Å². The van der Waals surface area contributed by atoms with E-state index < -0.39 is 6.10 Å². The molecule has 0 saturated heterocycles. The van der Waals surface area contributed by atoms with E-state index >= 15 is 0 Å². The number of carbonyl (C=O) groups is 3. The van der Waals surface area contributed by atoms with Gasteiger partial charge >= 0.3 is 17.9 Å². The summed E-state index contributed by atoms with van der Waals surface area (Å²) in [5.41, 5.74) is 0. The fraction of sp³-hybridized carbons (Fsp3) is 0.951. The minimum Gasteiger partial charge on any atom is -0.462 e. The van der Waals surface area contributed by atoms with Crippen LogP contribution in [0.5, 0.6) is 0 Å². The summed E-state index contributed by atoms with van der Waals surface area (Å²) in [4.78, 5) is 38.2. The molecule has 6 nitrogen and oxygen atoms in total. The number of unbranched alkanes of at least 4 members (excludes halogenated alkanes) is 36. The van der Waals surface area contributed by atoms with Crippen LogP contribution >= 0.6 is 0 Å². The lowest BCUT2D eigenvalue weighted by atomic mass is 9.99. The zero-order valence-electron chi connectivity index (χ0n) is 46.2. The van der Waals surface area contributed by atoms with Crippen molar-refractivity contribution in [3.8, 4) is 0 Å². The smallest absolute Gasteiger partial charge is 0.306 e. The van der Waals surface area contributed by atoms with Crippen LogP contribution in [0.4, 0.5) is 0 Å². The van der Waals surface area contributed by atoms with Crippen LogP contribution in [0, 0.1) is 17.8 Å². The number of hydrogen-bond acceptors (Lipinski definition) is 6. The molecule has 0 fully saturated rings. The maximum atomic E-state index is 12.9. The highest BCUT2D eigenvalue weighted by atomic mass is 16.6. The fourth-order valence-corrected chi connectivity index (χ4v) is 9.32. The van der Waals surface area contributed by atoms with Gasteiger partial charge in [-0.05, 0) is 37.0 Å². The molecule has 0 aliphatic heterocycles. The van der Waals surface area contributed by atoms with Crippen molar-refractivity contribution in [2.24, 2.45) is 17.8 Å². The van der Waals surface area contributed by atoms with E-state index in [1.54, 1.807) is 0 Å². The first-order chi connectivity index (χ1) is 32.6. The van der Waals surface area contributed by atoms with Crippen molar-refractivity contribution in [2.45, 2.75) is 343 Å². The van der Waals surface area contributed by atoms with Crippen molar-refractivity contribution in [3.63, 3.8) is 0 Å². The summed E-state index contributed by atoms with van der Waals surface area (Å²) >= 11 is 0. The third kappa shape index (κ3) is 53.6. The van der Waals surface area contributed by atoms with Gasteiger partial charge in [0.15, 0.2) is 6.10 Å². The molecular weight excluding hydrogens is 829 g/mol. The van der Waals surface area contributed by atoms with Crippen LogP contribution in [0.3, 0.4) is 0 Å². The highest BCUT2D eigenvalue weighted by molar-refractivity contribution is 5.71. The van der Waals surface area contributed by atoms with Crippen molar-refractivity contribution >= 4 is 17.9 Å². The topological polar surface area (TPSA) is 78.9 Å². The van der Waals surface area contributed by atoms with Crippen molar-refractivity contribution in [1.29, 1.82) is 0 Å². The molecule has 0 radical (unpaired) electrons. The standard InChI is InChI=1S/C61H118O6/c1-7-57(6)49-43-37-31-25-19-13-9-11-15-21-28-34-40-46-52-61(64)67-58(54-66-60(63)51-45-39-33-27-22-16-18-24-30-36-42-48-56(4)5)53-65-59(62)50-44-38-32-26-20-14-10-8-12-17-23-29-35-41-47-55(2)3/h55-58H,7-54H2,1-6H3/t57?,58-/m1/s1. The van der Waals surface area contributed by atoms with Gasteiger partial charge in [-0.3, -0.25) is 14.4 Å². The zero-order chi connectivity index (χ0) is 49.1. The summed E-state index contributed by atoms with van der Waals surface area (Å²) < 4.78 is 16.9. The second-order valence-corrected chi connectivity index (χ2v) is 22.2. The summed E-state index contributed by atoms with van der Waals surface area (Å²) in [5, 5.41) is 0. The number of rotatable bonds is 54. The van der Waals surface area contributed by atoms with Gasteiger partial charge in [0, 0.05) is 19.3 Å². The Balaban J connectivity index is 4.30. The zero-order valence-corrected chi connectivity index (χ0v) is 46.2. The molecule has 67 heavy (non-hydrogen) atoms. The molecular formula is C61H118O6. The highest BCUT2D eigenvalue weighted by Crippen LogP contribution is 2.19. The Hall–Kier alpha value is -1.59. The summed E-state index contributed by atoms with van der Waals surface area (Å²) in [6.07, 6.45) is 55.2. The Kier molecular flexibility index (Phi) is 51.0. The Morgan fingerprint density at radius 1 is 0.299 bits per heavy atom. The summed E-state index contributed by atoms with van der Waals surface area (Å²) in [6.45, 7) is 13.8. The molecule has 0 bridgehead atoms. The van der Waals surface area contributed by atoms with E-state index in [9.17, 15) is 14.4 Å². The van der Waals surface area contributed by atoms with Gasteiger partial charge in [0.2, 0.25) is 0 Å². The van der Waals surface area contributed by atoms with Gasteiger partial charge in [0.25, 0.3) is 0 Å². The van der Waals surface area contributed by atoms with Crippen LogP contribution < -0.4 is 0 Å². The minimum atomic E-state index is -0.764. The lowest BCUT2D eigenvalue weighted by Crippen LogP contribution is -2.30. The maximum Gasteiger partial charge on any atom is 0.306 e. The average Bonchev–Trinajstić information content (AvgIpc) is 3.30. The molecule has 1 unspecified atom stereocenters. The molecule has 0 aromatic carbocycles. The molecule has 6 heteroatoms. The van der Waals surface area contributed by atoms with E-state index in [-0.39, 0.29) is 31.1 Å². The van der Waals surface area contributed by atoms with Gasteiger partial charge in [-0.1, -0.05) is 298 Å². The lowest BCUT2D eigenvalue weighted by molar-refractivity contribution is -0.167. The quantitative estimate of drug-likeness (QED) is 0.0343. The molecule has 0 N–H and O–H groups in total. The van der Waals surface area contributed by atoms with Gasteiger partial charge in [-0.15, -0.1) is 0 Å². The molecule has 0 heterocycles. The summed E-state index contributed by atoms with van der Waals surface area (Å²) in [6, 6.07) is 0. The third-order valence-electron chi connectivity index (χ3n) is 14.3. The van der Waals surface area contributed by atoms with E-state index in [0.717, 1.165) is 75.5 Å². The van der Waals surface area contributed by atoms with E-state index in [4.69, 9.17) is 14.2 Å². The van der Waals surface area contributed by atoms with Crippen LogP contribution in [0.2, 0.25) is 0 Å². The summed E-state index contributed by atoms with van der Waals surface area (Å²) in [5.74, 6) is 1.73. The molecule has 2 atom stereocenters. The Bertz CT molecular complexity index is 1040. The summed E-state index contributed by atoms with van der Waals surface area (Å²) in [7, 11) is 0. The largest absolute Gasteiger partial charge is 0.462 e. The Morgan fingerprint density at radius 2 is 0.522 bits per heavy atom. The molecule has 0 aromatic rings. The van der Waals surface area contributed by atoms with Crippen LogP contribution in [-0.4, -0.2) is 37.2 Å². The van der Waals surface area contributed by atoms with E-state index in [2.05, 4.69) is 41.5 Å². The fourth-order valence-electron chi connectivity index (χ4n) is 9.32. The molecule has 0 aliphatic carbocycles. The van der Waals surface area contributed by atoms with Gasteiger partial charge in [-0.25, -0.2) is 0 Å². The van der Waals surface area contributed by atoms with Crippen molar-refractivity contribution in [3.05, 3.63) is 0 Å². The first-order valence-corrected chi connectivity index (χ1v) is 30.1. The third-order valence-corrected chi connectivity index (χ3v) is 14.3. The average molecular weight is 948 g/mol. The number of ether oxygens (including phenoxy) is 3. The minimum absolute atomic E-state index is 0.0632. The number of esters is 3. The predicted molar refractivity (Wildman–Crippen MR) is 289 cm³/mol. The van der Waals surface area contributed by atoms with Crippen molar-refractivity contribution < 1.29 is 28.6 Å². The Labute approximate surface area is 418 Å². The number of carbonyl (C=O) groups excluding carboxylic acids is 3. The van der Waals surface area contributed by atoms with E-state index in [1.807, 2.05) is 0 Å².